The molecule has 0 aromatic heterocycles. The van der Waals surface area contributed by atoms with E-state index in [1.807, 2.05) is 26.0 Å². The number of carbonyl (C=O) groups excluding carboxylic acids is 1. The fraction of sp³-hybridized carbons (Fsp3) is 0.188. The smallest absolute Gasteiger partial charge is 0.196 e. The lowest BCUT2D eigenvalue weighted by molar-refractivity contribution is 0.103. The van der Waals surface area contributed by atoms with Gasteiger partial charge in [0.05, 0.1) is 5.57 Å². The lowest BCUT2D eigenvalue weighted by Gasteiger charge is -2.06. The van der Waals surface area contributed by atoms with Crippen LogP contribution in [-0.2, 0) is 0 Å². The van der Waals surface area contributed by atoms with Gasteiger partial charge in [0.2, 0.25) is 0 Å². The van der Waals surface area contributed by atoms with Gasteiger partial charge in [-0.3, -0.25) is 4.79 Å². The predicted octanol–water partition coefficient (Wildman–Crippen LogP) is 4.22. The van der Waals surface area contributed by atoms with Gasteiger partial charge in [-0.2, -0.15) is 0 Å². The van der Waals surface area contributed by atoms with E-state index in [0.29, 0.717) is 11.1 Å². The SMILES string of the molecule is C/C=C(C)/C=C(O)\C(=C/C)C(=O)c1ccccc1. The Balaban J connectivity index is 3.07. The van der Waals surface area contributed by atoms with Crippen molar-refractivity contribution in [1.29, 1.82) is 0 Å². The first kappa shape index (κ1) is 14.0. The first-order valence-corrected chi connectivity index (χ1v) is 5.90. The normalized spacial score (nSPS) is 13.6. The quantitative estimate of drug-likeness (QED) is 0.371. The van der Waals surface area contributed by atoms with Gasteiger partial charge in [-0.1, -0.05) is 48.1 Å². The number of Topliss-reactive ketones (excluding diaryl/α,β-unsaturated/α-hetero) is 1. The number of aliphatic hydroxyl groups is 1. The van der Waals surface area contributed by atoms with E-state index in [1.165, 1.54) is 0 Å². The van der Waals surface area contributed by atoms with E-state index >= 15 is 0 Å². The summed E-state index contributed by atoms with van der Waals surface area (Å²) in [6.45, 7) is 5.50. The van der Waals surface area contributed by atoms with Crippen LogP contribution < -0.4 is 0 Å². The van der Waals surface area contributed by atoms with Crippen molar-refractivity contribution in [2.75, 3.05) is 0 Å². The zero-order valence-corrected chi connectivity index (χ0v) is 11.0. The van der Waals surface area contributed by atoms with Crippen LogP contribution in [0, 0.1) is 0 Å². The number of aliphatic hydroxyl groups excluding tert-OH is 1. The first-order chi connectivity index (χ1) is 8.60. The second-order valence-electron chi connectivity index (χ2n) is 3.96. The molecule has 0 unspecified atom stereocenters. The molecular formula is C16H18O2. The minimum Gasteiger partial charge on any atom is -0.507 e. The predicted molar refractivity (Wildman–Crippen MR) is 74.7 cm³/mol. The second kappa shape index (κ2) is 6.60. The molecule has 0 aliphatic heterocycles. The highest BCUT2D eigenvalue weighted by Gasteiger charge is 2.14. The molecule has 18 heavy (non-hydrogen) atoms. The molecule has 0 radical (unpaired) electrons. The molecule has 0 amide bonds. The molecular weight excluding hydrogens is 224 g/mol. The maximum absolute atomic E-state index is 12.2. The van der Waals surface area contributed by atoms with Gasteiger partial charge in [0.15, 0.2) is 5.78 Å². The molecule has 94 valence electrons. The molecule has 0 spiro atoms. The molecule has 1 aromatic carbocycles. The topological polar surface area (TPSA) is 37.3 Å². The molecule has 0 fully saturated rings. The Bertz CT molecular complexity index is 505. The van der Waals surface area contributed by atoms with Gasteiger partial charge in [0.1, 0.15) is 5.76 Å². The first-order valence-electron chi connectivity index (χ1n) is 5.90. The van der Waals surface area contributed by atoms with Crippen LogP contribution in [0.4, 0.5) is 0 Å². The van der Waals surface area contributed by atoms with Gasteiger partial charge < -0.3 is 5.11 Å². The van der Waals surface area contributed by atoms with Crippen molar-refractivity contribution in [1.82, 2.24) is 0 Å². The zero-order chi connectivity index (χ0) is 13.5. The third-order valence-corrected chi connectivity index (χ3v) is 2.66. The Morgan fingerprint density at radius 3 is 2.22 bits per heavy atom. The number of hydrogen-bond acceptors (Lipinski definition) is 2. The fourth-order valence-corrected chi connectivity index (χ4v) is 1.52. The van der Waals surface area contributed by atoms with Gasteiger partial charge in [0, 0.05) is 5.56 Å². The second-order valence-corrected chi connectivity index (χ2v) is 3.96. The summed E-state index contributed by atoms with van der Waals surface area (Å²) in [5, 5.41) is 9.97. The third-order valence-electron chi connectivity index (χ3n) is 2.66. The Morgan fingerprint density at radius 2 is 1.72 bits per heavy atom. The highest BCUT2D eigenvalue weighted by Crippen LogP contribution is 2.16. The van der Waals surface area contributed by atoms with Crippen LogP contribution in [-0.4, -0.2) is 10.9 Å². The van der Waals surface area contributed by atoms with Gasteiger partial charge in [-0.25, -0.2) is 0 Å². The molecule has 0 aliphatic rings. The molecule has 0 heterocycles. The van der Waals surface area contributed by atoms with E-state index in [0.717, 1.165) is 5.57 Å². The lowest BCUT2D eigenvalue weighted by Crippen LogP contribution is -2.05. The summed E-state index contributed by atoms with van der Waals surface area (Å²) >= 11 is 0. The number of rotatable bonds is 4. The van der Waals surface area contributed by atoms with E-state index in [4.69, 9.17) is 0 Å². The molecule has 1 rings (SSSR count). The fourth-order valence-electron chi connectivity index (χ4n) is 1.52. The van der Waals surface area contributed by atoms with Gasteiger partial charge in [-0.05, 0) is 26.8 Å². The summed E-state index contributed by atoms with van der Waals surface area (Å²) < 4.78 is 0. The summed E-state index contributed by atoms with van der Waals surface area (Å²) in [5.41, 5.74) is 1.80. The van der Waals surface area contributed by atoms with Crippen LogP contribution in [0.3, 0.4) is 0 Å². The minimum atomic E-state index is -0.171. The number of ketones is 1. The van der Waals surface area contributed by atoms with E-state index in [1.54, 1.807) is 43.3 Å². The number of hydrogen-bond donors (Lipinski definition) is 1. The third kappa shape index (κ3) is 3.45. The summed E-state index contributed by atoms with van der Waals surface area (Å²) in [6.07, 6.45) is 5.09. The van der Waals surface area contributed by atoms with E-state index in [9.17, 15) is 9.90 Å². The van der Waals surface area contributed by atoms with Gasteiger partial charge in [0.25, 0.3) is 0 Å². The van der Waals surface area contributed by atoms with Crippen LogP contribution in [0.25, 0.3) is 0 Å². The Labute approximate surface area is 108 Å². The molecule has 1 aromatic rings. The largest absolute Gasteiger partial charge is 0.507 e. The highest BCUT2D eigenvalue weighted by atomic mass is 16.3. The lowest BCUT2D eigenvalue weighted by atomic mass is 10.0. The molecule has 0 saturated heterocycles. The van der Waals surface area contributed by atoms with E-state index in [2.05, 4.69) is 0 Å². The summed E-state index contributed by atoms with van der Waals surface area (Å²) in [5.74, 6) is -0.169. The van der Waals surface area contributed by atoms with Crippen LogP contribution in [0.2, 0.25) is 0 Å². The number of carbonyl (C=O) groups is 1. The zero-order valence-electron chi connectivity index (χ0n) is 11.0. The Hall–Kier alpha value is -2.09. The molecule has 0 bridgehead atoms. The average molecular weight is 242 g/mol. The highest BCUT2D eigenvalue weighted by molar-refractivity contribution is 6.11. The summed E-state index contributed by atoms with van der Waals surface area (Å²) in [4.78, 5) is 12.2. The van der Waals surface area contributed by atoms with E-state index < -0.39 is 0 Å². The molecule has 0 saturated carbocycles. The standard InChI is InChI=1S/C16H18O2/c1-4-12(3)11-15(17)14(5-2)16(18)13-9-7-6-8-10-13/h4-11,17H,1-3H3/b12-4+,14-5+,15-11+. The van der Waals surface area contributed by atoms with Crippen molar-refractivity contribution in [2.45, 2.75) is 20.8 Å². The van der Waals surface area contributed by atoms with Crippen LogP contribution in [0.5, 0.6) is 0 Å². The van der Waals surface area contributed by atoms with Crippen molar-refractivity contribution < 1.29 is 9.90 Å². The Morgan fingerprint density at radius 1 is 1.11 bits per heavy atom. The average Bonchev–Trinajstić information content (AvgIpc) is 2.40. The molecule has 2 heteroatoms. The van der Waals surface area contributed by atoms with Crippen molar-refractivity contribution in [3.8, 4) is 0 Å². The maximum atomic E-state index is 12.2. The van der Waals surface area contributed by atoms with Crippen LogP contribution in [0.15, 0.2) is 65.5 Å². The molecule has 1 N–H and O–H groups in total. The van der Waals surface area contributed by atoms with Crippen molar-refractivity contribution in [3.63, 3.8) is 0 Å². The Kier molecular flexibility index (Phi) is 5.12. The van der Waals surface area contributed by atoms with Crippen molar-refractivity contribution >= 4 is 5.78 Å². The molecule has 2 nitrogen and oxygen atoms in total. The monoisotopic (exact) mass is 242 g/mol. The van der Waals surface area contributed by atoms with E-state index in [-0.39, 0.29) is 11.5 Å². The number of allylic oxidation sites excluding steroid dienone is 5. The van der Waals surface area contributed by atoms with Crippen molar-refractivity contribution in [2.24, 2.45) is 0 Å². The van der Waals surface area contributed by atoms with Crippen molar-refractivity contribution in [3.05, 3.63) is 71.0 Å². The van der Waals surface area contributed by atoms with Crippen LogP contribution in [0.1, 0.15) is 31.1 Å². The summed E-state index contributed by atoms with van der Waals surface area (Å²) in [6, 6.07) is 8.94. The van der Waals surface area contributed by atoms with Crippen LogP contribution >= 0.6 is 0 Å². The molecule has 0 aliphatic carbocycles. The summed E-state index contributed by atoms with van der Waals surface area (Å²) in [7, 11) is 0. The minimum absolute atomic E-state index is 0.00181. The number of benzene rings is 1. The van der Waals surface area contributed by atoms with Gasteiger partial charge >= 0.3 is 0 Å². The molecule has 0 atom stereocenters. The van der Waals surface area contributed by atoms with Gasteiger partial charge in [-0.15, -0.1) is 0 Å². The maximum Gasteiger partial charge on any atom is 0.196 e.